The topological polar surface area (TPSA) is 53.1 Å². The van der Waals surface area contributed by atoms with Gasteiger partial charge in [-0.3, -0.25) is 0 Å². The van der Waals surface area contributed by atoms with Gasteiger partial charge in [0.15, 0.2) is 0 Å². The summed E-state index contributed by atoms with van der Waals surface area (Å²) >= 11 is 6.10. The predicted octanol–water partition coefficient (Wildman–Crippen LogP) is 3.20. The van der Waals surface area contributed by atoms with Gasteiger partial charge in [-0.1, -0.05) is 18.5 Å². The Morgan fingerprint density at radius 3 is 2.83 bits per heavy atom. The number of methoxy groups -OCH3 is 1. The van der Waals surface area contributed by atoms with Crippen LogP contribution in [0.4, 0.5) is 5.82 Å². The van der Waals surface area contributed by atoms with Crippen LogP contribution in [0.3, 0.4) is 0 Å². The van der Waals surface area contributed by atoms with Crippen LogP contribution in [0, 0.1) is 0 Å². The van der Waals surface area contributed by atoms with Gasteiger partial charge in [-0.15, -0.1) is 0 Å². The van der Waals surface area contributed by atoms with Crippen LogP contribution in [0.2, 0.25) is 5.02 Å². The molecule has 18 heavy (non-hydrogen) atoms. The maximum atomic E-state index is 6.10. The lowest BCUT2D eigenvalue weighted by Crippen LogP contribution is -2.01. The van der Waals surface area contributed by atoms with Gasteiger partial charge >= 0.3 is 0 Å². The van der Waals surface area contributed by atoms with Gasteiger partial charge in [0.2, 0.25) is 0 Å². The van der Waals surface area contributed by atoms with Crippen molar-refractivity contribution in [3.63, 3.8) is 0 Å². The molecule has 1 heterocycles. The van der Waals surface area contributed by atoms with E-state index in [0.717, 1.165) is 24.2 Å². The summed E-state index contributed by atoms with van der Waals surface area (Å²) in [5, 5.41) is 0.555. The Labute approximate surface area is 111 Å². The minimum Gasteiger partial charge on any atom is -0.495 e. The quantitative estimate of drug-likeness (QED) is 0.924. The molecular weight excluding hydrogens is 250 g/mol. The van der Waals surface area contributed by atoms with Crippen molar-refractivity contribution in [2.24, 2.45) is 0 Å². The third-order valence-corrected chi connectivity index (χ3v) is 3.06. The van der Waals surface area contributed by atoms with Crippen molar-refractivity contribution in [1.29, 1.82) is 0 Å². The van der Waals surface area contributed by atoms with E-state index in [4.69, 9.17) is 22.1 Å². The second kappa shape index (κ2) is 5.31. The highest BCUT2D eigenvalue weighted by molar-refractivity contribution is 6.32. The molecule has 0 radical (unpaired) electrons. The van der Waals surface area contributed by atoms with Crippen molar-refractivity contribution in [2.75, 3.05) is 12.8 Å². The van der Waals surface area contributed by atoms with Crippen LogP contribution in [0.1, 0.15) is 13.3 Å². The molecule has 0 aliphatic carbocycles. The number of rotatable bonds is 4. The van der Waals surface area contributed by atoms with E-state index in [1.165, 1.54) is 0 Å². The van der Waals surface area contributed by atoms with Gasteiger partial charge in [0, 0.05) is 12.1 Å². The van der Waals surface area contributed by atoms with E-state index in [2.05, 4.69) is 11.9 Å². The van der Waals surface area contributed by atoms with Crippen LogP contribution in [0.25, 0.3) is 11.3 Å². The average Bonchev–Trinajstić information content (AvgIpc) is 2.72. The third kappa shape index (κ3) is 2.29. The molecule has 2 aromatic rings. The molecule has 1 aromatic carbocycles. The summed E-state index contributed by atoms with van der Waals surface area (Å²) in [5.41, 5.74) is 7.72. The van der Waals surface area contributed by atoms with E-state index >= 15 is 0 Å². The Morgan fingerprint density at radius 1 is 1.44 bits per heavy atom. The van der Waals surface area contributed by atoms with Crippen molar-refractivity contribution >= 4 is 17.4 Å². The van der Waals surface area contributed by atoms with Gasteiger partial charge in [-0.05, 0) is 24.6 Å². The van der Waals surface area contributed by atoms with Crippen LogP contribution < -0.4 is 10.5 Å². The first-order valence-corrected chi connectivity index (χ1v) is 6.19. The number of nitrogens with zero attached hydrogens (tertiary/aromatic N) is 2. The maximum Gasteiger partial charge on any atom is 0.137 e. The van der Waals surface area contributed by atoms with Crippen LogP contribution in [0.15, 0.2) is 24.5 Å². The molecule has 0 amide bonds. The molecule has 0 bridgehead atoms. The molecule has 0 saturated carbocycles. The lowest BCUT2D eigenvalue weighted by atomic mass is 10.1. The zero-order chi connectivity index (χ0) is 13.1. The van der Waals surface area contributed by atoms with E-state index in [9.17, 15) is 0 Å². The minimum atomic E-state index is 0.555. The monoisotopic (exact) mass is 265 g/mol. The Balaban J connectivity index is 2.39. The lowest BCUT2D eigenvalue weighted by molar-refractivity contribution is 0.415. The first-order valence-electron chi connectivity index (χ1n) is 5.82. The molecule has 4 nitrogen and oxygen atoms in total. The highest BCUT2D eigenvalue weighted by Crippen LogP contribution is 2.31. The summed E-state index contributed by atoms with van der Waals surface area (Å²) in [7, 11) is 1.59. The number of hydrogen-bond acceptors (Lipinski definition) is 3. The largest absolute Gasteiger partial charge is 0.495 e. The number of halogens is 1. The van der Waals surface area contributed by atoms with E-state index < -0.39 is 0 Å². The van der Waals surface area contributed by atoms with Gasteiger partial charge in [0.05, 0.1) is 18.5 Å². The number of anilines is 1. The van der Waals surface area contributed by atoms with Crippen LogP contribution in [-0.4, -0.2) is 16.7 Å². The molecule has 2 rings (SSSR count). The van der Waals surface area contributed by atoms with E-state index in [1.54, 1.807) is 13.4 Å². The summed E-state index contributed by atoms with van der Waals surface area (Å²) in [4.78, 5) is 4.34. The Morgan fingerprint density at radius 2 is 2.22 bits per heavy atom. The standard InChI is InChI=1S/C13H16ClN3O/c1-3-6-17-8-16-12(13(17)15)9-4-5-11(18-2)10(14)7-9/h4-5,7-8H,3,6,15H2,1-2H3. The zero-order valence-corrected chi connectivity index (χ0v) is 11.2. The van der Waals surface area contributed by atoms with Crippen molar-refractivity contribution < 1.29 is 4.74 Å². The second-order valence-electron chi connectivity index (χ2n) is 4.02. The zero-order valence-electron chi connectivity index (χ0n) is 10.5. The molecule has 0 aliphatic heterocycles. The number of ether oxygens (including phenoxy) is 1. The van der Waals surface area contributed by atoms with Crippen molar-refractivity contribution in [1.82, 2.24) is 9.55 Å². The predicted molar refractivity (Wildman–Crippen MR) is 73.9 cm³/mol. The first-order chi connectivity index (χ1) is 8.67. The summed E-state index contributed by atoms with van der Waals surface area (Å²) < 4.78 is 7.06. The number of hydrogen-bond donors (Lipinski definition) is 1. The highest BCUT2D eigenvalue weighted by Gasteiger charge is 2.11. The normalized spacial score (nSPS) is 10.6. The summed E-state index contributed by atoms with van der Waals surface area (Å²) in [6.07, 6.45) is 2.77. The smallest absolute Gasteiger partial charge is 0.137 e. The van der Waals surface area contributed by atoms with Crippen LogP contribution >= 0.6 is 11.6 Å². The molecule has 0 spiro atoms. The lowest BCUT2D eigenvalue weighted by Gasteiger charge is -2.06. The van der Waals surface area contributed by atoms with E-state index in [-0.39, 0.29) is 0 Å². The molecular formula is C13H16ClN3O. The number of benzene rings is 1. The third-order valence-electron chi connectivity index (χ3n) is 2.77. The minimum absolute atomic E-state index is 0.555. The SMILES string of the molecule is CCCn1cnc(-c2ccc(OC)c(Cl)c2)c1N. The highest BCUT2D eigenvalue weighted by atomic mass is 35.5. The van der Waals surface area contributed by atoms with Gasteiger partial charge in [-0.25, -0.2) is 4.98 Å². The van der Waals surface area contributed by atoms with Gasteiger partial charge in [0.1, 0.15) is 17.3 Å². The summed E-state index contributed by atoms with van der Waals surface area (Å²) in [6.45, 7) is 2.96. The fraction of sp³-hybridized carbons (Fsp3) is 0.308. The molecule has 2 N–H and O–H groups in total. The molecule has 0 aliphatic rings. The molecule has 0 unspecified atom stereocenters. The Hall–Kier alpha value is -1.68. The molecule has 1 aromatic heterocycles. The van der Waals surface area contributed by atoms with E-state index in [0.29, 0.717) is 16.6 Å². The van der Waals surface area contributed by atoms with Gasteiger partial charge in [0.25, 0.3) is 0 Å². The summed E-state index contributed by atoms with van der Waals surface area (Å²) in [5.74, 6) is 1.31. The van der Waals surface area contributed by atoms with Crippen molar-refractivity contribution in [3.8, 4) is 17.0 Å². The van der Waals surface area contributed by atoms with Gasteiger partial charge in [-0.2, -0.15) is 0 Å². The fourth-order valence-corrected chi connectivity index (χ4v) is 2.10. The second-order valence-corrected chi connectivity index (χ2v) is 4.43. The number of nitrogens with two attached hydrogens (primary N) is 1. The molecule has 5 heteroatoms. The summed E-state index contributed by atoms with van der Waals surface area (Å²) in [6, 6.07) is 5.53. The van der Waals surface area contributed by atoms with Crippen LogP contribution in [0.5, 0.6) is 5.75 Å². The Kier molecular flexibility index (Phi) is 3.77. The molecule has 0 fully saturated rings. The number of aryl methyl sites for hydroxylation is 1. The van der Waals surface area contributed by atoms with Crippen molar-refractivity contribution in [2.45, 2.75) is 19.9 Å². The maximum absolute atomic E-state index is 6.10. The number of nitrogen functional groups attached to an aromatic ring is 1. The van der Waals surface area contributed by atoms with Crippen molar-refractivity contribution in [3.05, 3.63) is 29.5 Å². The molecule has 0 atom stereocenters. The first kappa shape index (κ1) is 12.8. The van der Waals surface area contributed by atoms with Crippen LogP contribution in [-0.2, 0) is 6.54 Å². The average molecular weight is 266 g/mol. The molecule has 0 saturated heterocycles. The van der Waals surface area contributed by atoms with Gasteiger partial charge < -0.3 is 15.0 Å². The number of imidazole rings is 1. The molecule has 96 valence electrons. The Bertz CT molecular complexity index is 551. The fourth-order valence-electron chi connectivity index (χ4n) is 1.85. The van der Waals surface area contributed by atoms with E-state index in [1.807, 2.05) is 22.8 Å². The number of aromatic nitrogens is 2.